The molecule has 3 aromatic heterocycles. The second kappa shape index (κ2) is 11.9. The van der Waals surface area contributed by atoms with Crippen LogP contribution in [0.5, 0.6) is 0 Å². The maximum atomic E-state index is 15.4. The largest absolute Gasteiger partial charge is 0.453 e. The number of hydrogen-bond donors (Lipinski definition) is 3. The van der Waals surface area contributed by atoms with Crippen molar-refractivity contribution in [2.75, 3.05) is 43.6 Å². The Bertz CT molecular complexity index is 1640. The Morgan fingerprint density at radius 2 is 1.89 bits per heavy atom. The summed E-state index contributed by atoms with van der Waals surface area (Å²) in [5, 5.41) is 10.6. The van der Waals surface area contributed by atoms with Crippen LogP contribution in [0.25, 0.3) is 16.8 Å². The topological polar surface area (TPSA) is 132 Å². The third kappa shape index (κ3) is 5.62. The quantitative estimate of drug-likeness (QED) is 0.293. The van der Waals surface area contributed by atoms with Gasteiger partial charge in [-0.2, -0.15) is 9.61 Å². The molecule has 4 N–H and O–H groups in total. The molecule has 2 aliphatic rings. The lowest BCUT2D eigenvalue weighted by Gasteiger charge is -2.42. The number of hydrogen-bond acceptors (Lipinski definition) is 9. The number of aromatic nitrogens is 4. The number of fused-ring (bicyclic) bond motifs is 1. The second-order valence-corrected chi connectivity index (χ2v) is 11.3. The lowest BCUT2D eigenvalue weighted by Crippen LogP contribution is -2.62. The SMILES string of the molecule is COC(=O)N[C@@H]1[C@H](N)CN(c2ccncc2Nc2ncc3ccc(-c4c(F)cc(C5(F)CCOCC5)cc4F)nn23)C[C@@H]1C. The molecule has 3 atom stereocenters. The number of carbonyl (C=O) groups is 1. The molecule has 2 saturated heterocycles. The van der Waals surface area contributed by atoms with Gasteiger partial charge in [0.25, 0.3) is 0 Å². The average Bonchev–Trinajstić information content (AvgIpc) is 3.41. The van der Waals surface area contributed by atoms with Crippen LogP contribution in [0.2, 0.25) is 0 Å². The van der Waals surface area contributed by atoms with E-state index in [4.69, 9.17) is 15.2 Å². The molecule has 0 spiro atoms. The molecular formula is C30H33F3N8O3. The first-order valence-corrected chi connectivity index (χ1v) is 14.3. The summed E-state index contributed by atoms with van der Waals surface area (Å²) in [5.74, 6) is -1.52. The predicted octanol–water partition coefficient (Wildman–Crippen LogP) is 4.30. The summed E-state index contributed by atoms with van der Waals surface area (Å²) in [6.07, 6.45) is 4.40. The van der Waals surface area contributed by atoms with Crippen molar-refractivity contribution in [3.63, 3.8) is 0 Å². The molecule has 0 bridgehead atoms. The lowest BCUT2D eigenvalue weighted by atomic mass is 9.87. The number of alkyl carbamates (subject to hydrolysis) is 1. The van der Waals surface area contributed by atoms with Crippen LogP contribution in [0.3, 0.4) is 0 Å². The normalized spacial score (nSPS) is 21.7. The molecule has 0 unspecified atom stereocenters. The molecule has 44 heavy (non-hydrogen) atoms. The van der Waals surface area contributed by atoms with E-state index in [9.17, 15) is 4.79 Å². The van der Waals surface area contributed by atoms with Crippen molar-refractivity contribution in [3.8, 4) is 11.3 Å². The fourth-order valence-corrected chi connectivity index (χ4v) is 6.01. The minimum atomic E-state index is -1.85. The van der Waals surface area contributed by atoms with Crippen molar-refractivity contribution < 1.29 is 27.4 Å². The molecule has 11 nitrogen and oxygen atoms in total. The van der Waals surface area contributed by atoms with Crippen LogP contribution in [0.1, 0.15) is 25.3 Å². The third-order valence-electron chi connectivity index (χ3n) is 8.35. The van der Waals surface area contributed by atoms with Crippen molar-refractivity contribution in [1.29, 1.82) is 0 Å². The fraction of sp³-hybridized carbons (Fsp3) is 0.400. The van der Waals surface area contributed by atoms with E-state index in [0.717, 1.165) is 17.8 Å². The summed E-state index contributed by atoms with van der Waals surface area (Å²) in [5.41, 5.74) is 6.20. The second-order valence-electron chi connectivity index (χ2n) is 11.3. The van der Waals surface area contributed by atoms with E-state index in [1.54, 1.807) is 24.7 Å². The van der Waals surface area contributed by atoms with Gasteiger partial charge in [-0.1, -0.05) is 6.92 Å². The van der Waals surface area contributed by atoms with Gasteiger partial charge in [-0.25, -0.2) is 22.9 Å². The number of anilines is 3. The van der Waals surface area contributed by atoms with Crippen LogP contribution < -0.4 is 21.3 Å². The molecule has 232 valence electrons. The number of methoxy groups -OCH3 is 1. The number of nitrogens with zero attached hydrogens (tertiary/aromatic N) is 5. The van der Waals surface area contributed by atoms with Crippen molar-refractivity contribution in [3.05, 3.63) is 66.1 Å². The number of rotatable bonds is 6. The highest BCUT2D eigenvalue weighted by Gasteiger charge is 2.36. The Labute approximate surface area is 251 Å². The Morgan fingerprint density at radius 3 is 2.59 bits per heavy atom. The molecular weight excluding hydrogens is 577 g/mol. The molecule has 14 heteroatoms. The van der Waals surface area contributed by atoms with Crippen molar-refractivity contribution in [2.24, 2.45) is 11.7 Å². The first-order valence-electron chi connectivity index (χ1n) is 14.3. The van der Waals surface area contributed by atoms with E-state index in [1.807, 2.05) is 13.0 Å². The average molecular weight is 611 g/mol. The van der Waals surface area contributed by atoms with Gasteiger partial charge in [-0.3, -0.25) is 4.98 Å². The van der Waals surface area contributed by atoms with E-state index in [-0.39, 0.29) is 66.8 Å². The zero-order valence-corrected chi connectivity index (χ0v) is 24.3. The highest BCUT2D eigenvalue weighted by molar-refractivity contribution is 5.74. The monoisotopic (exact) mass is 610 g/mol. The standard InChI is InChI=1S/C30H33F3N8O3/c1-17-15-40(16-22(34)27(17)38-29(42)43-2)25-5-8-35-14-24(25)37-28-36-13-19-3-4-23(39-41(19)28)26-20(31)11-18(12-21(26)32)30(33)6-9-44-10-7-30/h3-5,8,11-14,17,22,27H,6-7,9-10,15-16,34H2,1-2H3,(H,36,37)(H,38,42)/t17-,22+,27-/m0/s1. The Morgan fingerprint density at radius 1 is 1.14 bits per heavy atom. The van der Waals surface area contributed by atoms with Crippen molar-refractivity contribution >= 4 is 28.9 Å². The van der Waals surface area contributed by atoms with E-state index < -0.39 is 23.4 Å². The van der Waals surface area contributed by atoms with Gasteiger partial charge in [-0.15, -0.1) is 0 Å². The molecule has 6 rings (SSSR count). The number of piperidine rings is 1. The number of alkyl halides is 1. The van der Waals surface area contributed by atoms with E-state index in [2.05, 4.69) is 30.6 Å². The summed E-state index contributed by atoms with van der Waals surface area (Å²) in [6, 6.07) is 6.43. The number of carbonyl (C=O) groups excluding carboxylic acids is 1. The molecule has 1 aromatic carbocycles. The predicted molar refractivity (Wildman–Crippen MR) is 157 cm³/mol. The lowest BCUT2D eigenvalue weighted by molar-refractivity contribution is -0.0117. The van der Waals surface area contributed by atoms with Crippen LogP contribution >= 0.6 is 0 Å². The van der Waals surface area contributed by atoms with Crippen LogP contribution in [0.4, 0.5) is 35.3 Å². The van der Waals surface area contributed by atoms with Gasteiger partial charge in [-0.05, 0) is 41.8 Å². The molecule has 4 aromatic rings. The molecule has 0 radical (unpaired) electrons. The minimum Gasteiger partial charge on any atom is -0.453 e. The first kappa shape index (κ1) is 29.6. The van der Waals surface area contributed by atoms with Gasteiger partial charge < -0.3 is 30.7 Å². The van der Waals surface area contributed by atoms with Crippen LogP contribution in [0, 0.1) is 17.6 Å². The number of pyridine rings is 1. The van der Waals surface area contributed by atoms with Gasteiger partial charge in [0, 0.05) is 51.4 Å². The van der Waals surface area contributed by atoms with Crippen LogP contribution in [-0.2, 0) is 15.1 Å². The Hall–Kier alpha value is -4.43. The number of benzene rings is 1. The number of nitrogens with two attached hydrogens (primary N) is 1. The summed E-state index contributed by atoms with van der Waals surface area (Å²) in [6.45, 7) is 3.41. The van der Waals surface area contributed by atoms with E-state index in [1.165, 1.54) is 17.7 Å². The van der Waals surface area contributed by atoms with Crippen molar-refractivity contribution in [2.45, 2.75) is 37.5 Å². The maximum Gasteiger partial charge on any atom is 0.407 e. The number of imidazole rings is 1. The molecule has 5 heterocycles. The molecule has 0 aliphatic carbocycles. The number of amides is 1. The summed E-state index contributed by atoms with van der Waals surface area (Å²) in [7, 11) is 1.31. The van der Waals surface area contributed by atoms with Gasteiger partial charge >= 0.3 is 6.09 Å². The maximum absolute atomic E-state index is 15.4. The van der Waals surface area contributed by atoms with E-state index in [0.29, 0.717) is 24.3 Å². The van der Waals surface area contributed by atoms with Gasteiger partial charge in [0.05, 0.1) is 53.7 Å². The minimum absolute atomic E-state index is 0.00486. The molecule has 1 amide bonds. The van der Waals surface area contributed by atoms with E-state index >= 15 is 13.2 Å². The summed E-state index contributed by atoms with van der Waals surface area (Å²) in [4.78, 5) is 22.6. The number of halogens is 3. The van der Waals surface area contributed by atoms with Gasteiger partial charge in [0.2, 0.25) is 5.95 Å². The summed E-state index contributed by atoms with van der Waals surface area (Å²) < 4.78 is 57.6. The zero-order chi connectivity index (χ0) is 31.0. The number of ether oxygens (including phenoxy) is 2. The third-order valence-corrected chi connectivity index (χ3v) is 8.35. The highest BCUT2D eigenvalue weighted by atomic mass is 19.1. The number of nitrogens with one attached hydrogen (secondary N) is 2. The smallest absolute Gasteiger partial charge is 0.407 e. The summed E-state index contributed by atoms with van der Waals surface area (Å²) >= 11 is 0. The van der Waals surface area contributed by atoms with Crippen LogP contribution in [-0.4, -0.2) is 71.2 Å². The first-order chi connectivity index (χ1) is 21.2. The highest BCUT2D eigenvalue weighted by Crippen LogP contribution is 2.39. The Kier molecular flexibility index (Phi) is 8.03. The van der Waals surface area contributed by atoms with Crippen molar-refractivity contribution in [1.82, 2.24) is 24.9 Å². The van der Waals surface area contributed by atoms with Gasteiger partial charge in [0.15, 0.2) is 0 Å². The van der Waals surface area contributed by atoms with Gasteiger partial charge in [0.1, 0.15) is 17.3 Å². The molecule has 2 aliphatic heterocycles. The fourth-order valence-electron chi connectivity index (χ4n) is 6.01. The van der Waals surface area contributed by atoms with Crippen LogP contribution in [0.15, 0.2) is 48.9 Å². The Balaban J connectivity index is 1.28. The molecule has 2 fully saturated rings. The zero-order valence-electron chi connectivity index (χ0n) is 24.3. The molecule has 0 saturated carbocycles.